The highest BCUT2D eigenvalue weighted by molar-refractivity contribution is 5.87. The second-order valence-electron chi connectivity index (χ2n) is 5.44. The van der Waals surface area contributed by atoms with E-state index in [9.17, 15) is 9.59 Å². The number of hydrogen-bond acceptors (Lipinski definition) is 3. The molecule has 2 N–H and O–H groups in total. The highest BCUT2D eigenvalue weighted by Crippen LogP contribution is 2.29. The fourth-order valence-electron chi connectivity index (χ4n) is 3.18. The van der Waals surface area contributed by atoms with Gasteiger partial charge in [0, 0.05) is 13.1 Å². The van der Waals surface area contributed by atoms with Crippen LogP contribution in [0.5, 0.6) is 0 Å². The molecule has 102 valence electrons. The van der Waals surface area contributed by atoms with Crippen molar-refractivity contribution in [1.82, 2.24) is 10.2 Å². The molecule has 0 aromatic rings. The Hall–Kier alpha value is -1.10. The van der Waals surface area contributed by atoms with E-state index in [2.05, 4.69) is 12.2 Å². The van der Waals surface area contributed by atoms with Crippen LogP contribution in [-0.4, -0.2) is 47.1 Å². The smallest absolute Gasteiger partial charge is 0.308 e. The standard InChI is InChI=1S/C13H22N2O3/c1-2-5-13(6-3-7-14-13)12(18)15-8-4-10(9-15)11(16)17/h10,14H,2-9H2,1H3,(H,16,17). The number of carboxylic acid groups (broad SMARTS) is 1. The lowest BCUT2D eigenvalue weighted by Gasteiger charge is -2.32. The topological polar surface area (TPSA) is 69.6 Å². The molecule has 0 aromatic heterocycles. The fraction of sp³-hybridized carbons (Fsp3) is 0.846. The van der Waals surface area contributed by atoms with E-state index in [0.717, 1.165) is 32.2 Å². The Morgan fingerprint density at radius 2 is 2.28 bits per heavy atom. The molecule has 2 fully saturated rings. The predicted octanol–water partition coefficient (Wildman–Crippen LogP) is 0.842. The van der Waals surface area contributed by atoms with Crippen LogP contribution in [0.2, 0.25) is 0 Å². The molecule has 0 spiro atoms. The number of amides is 1. The van der Waals surface area contributed by atoms with E-state index in [1.165, 1.54) is 0 Å². The van der Waals surface area contributed by atoms with Crippen molar-refractivity contribution in [1.29, 1.82) is 0 Å². The summed E-state index contributed by atoms with van der Waals surface area (Å²) in [6, 6.07) is 0. The third kappa shape index (κ3) is 2.36. The Bertz CT molecular complexity index is 337. The summed E-state index contributed by atoms with van der Waals surface area (Å²) in [7, 11) is 0. The third-order valence-electron chi connectivity index (χ3n) is 4.15. The number of carboxylic acids is 1. The molecule has 0 aromatic carbocycles. The summed E-state index contributed by atoms with van der Waals surface area (Å²) in [5, 5.41) is 12.3. The van der Waals surface area contributed by atoms with Crippen molar-refractivity contribution in [2.24, 2.45) is 5.92 Å². The molecule has 18 heavy (non-hydrogen) atoms. The van der Waals surface area contributed by atoms with E-state index in [1.54, 1.807) is 4.90 Å². The summed E-state index contributed by atoms with van der Waals surface area (Å²) < 4.78 is 0. The summed E-state index contributed by atoms with van der Waals surface area (Å²) in [6.45, 7) is 3.94. The molecule has 2 unspecified atom stereocenters. The SMILES string of the molecule is CCCC1(C(=O)N2CCC(C(=O)O)C2)CCCN1. The van der Waals surface area contributed by atoms with Crippen LogP contribution >= 0.6 is 0 Å². The summed E-state index contributed by atoms with van der Waals surface area (Å²) in [5.41, 5.74) is -0.415. The molecule has 0 bridgehead atoms. The summed E-state index contributed by atoms with van der Waals surface area (Å²) in [6.07, 6.45) is 4.31. The van der Waals surface area contributed by atoms with E-state index in [1.807, 2.05) is 0 Å². The average molecular weight is 254 g/mol. The number of nitrogens with zero attached hydrogens (tertiary/aromatic N) is 1. The van der Waals surface area contributed by atoms with Crippen LogP contribution in [0.3, 0.4) is 0 Å². The maximum absolute atomic E-state index is 12.6. The molecule has 0 saturated carbocycles. The lowest BCUT2D eigenvalue weighted by molar-refractivity contribution is -0.142. The van der Waals surface area contributed by atoms with Crippen LogP contribution in [0.25, 0.3) is 0 Å². The average Bonchev–Trinajstić information content (AvgIpc) is 2.97. The molecule has 2 saturated heterocycles. The molecule has 2 rings (SSSR count). The van der Waals surface area contributed by atoms with Crippen molar-refractivity contribution >= 4 is 11.9 Å². The molecule has 0 radical (unpaired) electrons. The van der Waals surface area contributed by atoms with Gasteiger partial charge in [-0.3, -0.25) is 9.59 Å². The van der Waals surface area contributed by atoms with Crippen molar-refractivity contribution in [3.8, 4) is 0 Å². The van der Waals surface area contributed by atoms with Crippen molar-refractivity contribution < 1.29 is 14.7 Å². The quantitative estimate of drug-likeness (QED) is 0.780. The van der Waals surface area contributed by atoms with Crippen LogP contribution in [0.4, 0.5) is 0 Å². The molecule has 5 heteroatoms. The normalized spacial score (nSPS) is 31.8. The first kappa shape index (κ1) is 13.3. The second kappa shape index (κ2) is 5.26. The Morgan fingerprint density at radius 1 is 1.50 bits per heavy atom. The first-order valence-corrected chi connectivity index (χ1v) is 6.86. The maximum Gasteiger partial charge on any atom is 0.308 e. The van der Waals surface area contributed by atoms with E-state index in [-0.39, 0.29) is 11.8 Å². The Kier molecular flexibility index (Phi) is 3.90. The van der Waals surface area contributed by atoms with Crippen molar-refractivity contribution in [2.45, 2.75) is 44.6 Å². The monoisotopic (exact) mass is 254 g/mol. The Labute approximate surface area is 108 Å². The van der Waals surface area contributed by atoms with Crippen LogP contribution in [-0.2, 0) is 9.59 Å². The minimum Gasteiger partial charge on any atom is -0.481 e. The molecule has 2 atom stereocenters. The first-order valence-electron chi connectivity index (χ1n) is 6.86. The highest BCUT2D eigenvalue weighted by Gasteiger charge is 2.44. The zero-order valence-corrected chi connectivity index (χ0v) is 10.9. The molecule has 2 aliphatic heterocycles. The molecule has 1 amide bonds. The number of carbonyl (C=O) groups excluding carboxylic acids is 1. The highest BCUT2D eigenvalue weighted by atomic mass is 16.4. The van der Waals surface area contributed by atoms with Crippen LogP contribution < -0.4 is 5.32 Å². The minimum absolute atomic E-state index is 0.116. The number of aliphatic carboxylic acids is 1. The van der Waals surface area contributed by atoms with Gasteiger partial charge in [-0.05, 0) is 32.2 Å². The van der Waals surface area contributed by atoms with Gasteiger partial charge in [0.2, 0.25) is 5.91 Å². The first-order chi connectivity index (χ1) is 8.59. The lowest BCUT2D eigenvalue weighted by Crippen LogP contribution is -2.54. The Morgan fingerprint density at radius 3 is 2.78 bits per heavy atom. The summed E-state index contributed by atoms with van der Waals surface area (Å²) in [4.78, 5) is 25.3. The molecule has 5 nitrogen and oxygen atoms in total. The van der Waals surface area contributed by atoms with Gasteiger partial charge in [-0.25, -0.2) is 0 Å². The molecule has 2 heterocycles. The summed E-state index contributed by atoms with van der Waals surface area (Å²) in [5.74, 6) is -1.05. The zero-order valence-electron chi connectivity index (χ0n) is 10.9. The molecule has 0 aliphatic carbocycles. The number of nitrogens with one attached hydrogen (secondary N) is 1. The van der Waals surface area contributed by atoms with Gasteiger partial charge in [-0.15, -0.1) is 0 Å². The molecular weight excluding hydrogens is 232 g/mol. The van der Waals surface area contributed by atoms with E-state index >= 15 is 0 Å². The second-order valence-corrected chi connectivity index (χ2v) is 5.44. The zero-order chi connectivity index (χ0) is 13.2. The van der Waals surface area contributed by atoms with Gasteiger partial charge in [0.1, 0.15) is 0 Å². The number of likely N-dealkylation sites (tertiary alicyclic amines) is 1. The number of rotatable bonds is 4. The van der Waals surface area contributed by atoms with Crippen molar-refractivity contribution in [3.63, 3.8) is 0 Å². The van der Waals surface area contributed by atoms with Crippen molar-refractivity contribution in [3.05, 3.63) is 0 Å². The van der Waals surface area contributed by atoms with Gasteiger partial charge < -0.3 is 15.3 Å². The van der Waals surface area contributed by atoms with Gasteiger partial charge in [0.15, 0.2) is 0 Å². The van der Waals surface area contributed by atoms with Crippen LogP contribution in [0.15, 0.2) is 0 Å². The van der Waals surface area contributed by atoms with Gasteiger partial charge in [0.25, 0.3) is 0 Å². The summed E-state index contributed by atoms with van der Waals surface area (Å²) >= 11 is 0. The molecular formula is C13H22N2O3. The minimum atomic E-state index is -0.783. The van der Waals surface area contributed by atoms with Crippen molar-refractivity contribution in [2.75, 3.05) is 19.6 Å². The lowest BCUT2D eigenvalue weighted by atomic mass is 9.90. The van der Waals surface area contributed by atoms with Gasteiger partial charge in [0.05, 0.1) is 11.5 Å². The van der Waals surface area contributed by atoms with E-state index in [0.29, 0.717) is 19.5 Å². The predicted molar refractivity (Wildman–Crippen MR) is 67.2 cm³/mol. The number of carbonyl (C=O) groups is 2. The van der Waals surface area contributed by atoms with E-state index in [4.69, 9.17) is 5.11 Å². The van der Waals surface area contributed by atoms with Crippen LogP contribution in [0, 0.1) is 5.92 Å². The largest absolute Gasteiger partial charge is 0.481 e. The Balaban J connectivity index is 2.04. The van der Waals surface area contributed by atoms with Gasteiger partial charge >= 0.3 is 5.97 Å². The van der Waals surface area contributed by atoms with Gasteiger partial charge in [-0.1, -0.05) is 13.3 Å². The van der Waals surface area contributed by atoms with Gasteiger partial charge in [-0.2, -0.15) is 0 Å². The van der Waals surface area contributed by atoms with E-state index < -0.39 is 11.5 Å². The van der Waals surface area contributed by atoms with Crippen LogP contribution in [0.1, 0.15) is 39.0 Å². The number of hydrogen-bond donors (Lipinski definition) is 2. The third-order valence-corrected chi connectivity index (χ3v) is 4.15. The molecule has 2 aliphatic rings. The fourth-order valence-corrected chi connectivity index (χ4v) is 3.18. The maximum atomic E-state index is 12.6.